The van der Waals surface area contributed by atoms with Crippen molar-refractivity contribution in [2.24, 2.45) is 0 Å². The molecule has 3 heterocycles. The lowest BCUT2D eigenvalue weighted by Gasteiger charge is -2.18. The van der Waals surface area contributed by atoms with E-state index in [4.69, 9.17) is 18.9 Å². The van der Waals surface area contributed by atoms with Crippen LogP contribution in [0.25, 0.3) is 0 Å². The Morgan fingerprint density at radius 3 is 2.36 bits per heavy atom. The van der Waals surface area contributed by atoms with Crippen LogP contribution in [0.1, 0.15) is 60.0 Å². The van der Waals surface area contributed by atoms with Crippen molar-refractivity contribution in [1.82, 2.24) is 25.6 Å². The maximum Gasteiger partial charge on any atom is 0.422 e. The van der Waals surface area contributed by atoms with Gasteiger partial charge in [-0.3, -0.25) is 4.79 Å². The number of benzene rings is 3. The van der Waals surface area contributed by atoms with Crippen LogP contribution in [0.15, 0.2) is 72.8 Å². The first-order valence-corrected chi connectivity index (χ1v) is 17.9. The first kappa shape index (κ1) is 40.8. The van der Waals surface area contributed by atoms with Crippen molar-refractivity contribution in [2.75, 3.05) is 37.0 Å². The molecule has 0 unspecified atom stereocenters. The van der Waals surface area contributed by atoms with Gasteiger partial charge >= 0.3 is 24.2 Å². The fourth-order valence-corrected chi connectivity index (χ4v) is 5.32. The van der Waals surface area contributed by atoms with Crippen LogP contribution in [-0.2, 0) is 22.7 Å². The van der Waals surface area contributed by atoms with Crippen LogP contribution in [0.4, 0.5) is 35.5 Å². The van der Waals surface area contributed by atoms with E-state index in [1.54, 1.807) is 0 Å². The van der Waals surface area contributed by atoms with Gasteiger partial charge in [-0.25, -0.2) is 9.59 Å². The molecule has 298 valence electrons. The number of carboxylic acids is 1. The first-order valence-electron chi connectivity index (χ1n) is 17.9. The summed E-state index contributed by atoms with van der Waals surface area (Å²) in [5.74, 6) is -1.44. The summed E-state index contributed by atoms with van der Waals surface area (Å²) in [6, 6.07) is 18.9. The largest absolute Gasteiger partial charge is 0.494 e. The van der Waals surface area contributed by atoms with Gasteiger partial charge in [0, 0.05) is 24.8 Å². The second kappa shape index (κ2) is 20.4. The highest BCUT2D eigenvalue weighted by atomic mass is 19.4. The number of ether oxygens (including phenoxy) is 4. The predicted molar refractivity (Wildman–Crippen MR) is 197 cm³/mol. The molecule has 2 aliphatic rings. The monoisotopic (exact) mass is 781 g/mol. The van der Waals surface area contributed by atoms with Crippen molar-refractivity contribution in [2.45, 2.75) is 63.9 Å². The van der Waals surface area contributed by atoms with Gasteiger partial charge in [0.15, 0.2) is 6.61 Å². The van der Waals surface area contributed by atoms with Gasteiger partial charge in [0.25, 0.3) is 5.91 Å². The molecule has 18 heteroatoms. The summed E-state index contributed by atoms with van der Waals surface area (Å²) in [5, 5.41) is 20.8. The van der Waals surface area contributed by atoms with Gasteiger partial charge in [-0.05, 0) is 73.9 Å². The molecule has 5 N–H and O–H groups in total. The van der Waals surface area contributed by atoms with Gasteiger partial charge < -0.3 is 45.3 Å². The zero-order chi connectivity index (χ0) is 39.8. The maximum absolute atomic E-state index is 13.5. The minimum absolute atomic E-state index is 0.00128. The van der Waals surface area contributed by atoms with E-state index in [2.05, 4.69) is 36.2 Å². The first-order chi connectivity index (χ1) is 27.0. The fraction of sp³-hybridized carbons (Fsp3) is 0.368. The fourth-order valence-electron chi connectivity index (χ4n) is 5.32. The number of alkyl halides is 3. The van der Waals surface area contributed by atoms with E-state index >= 15 is 0 Å². The number of carboxylic acid groups (broad SMARTS) is 1. The Bertz CT molecular complexity index is 1900. The lowest BCUT2D eigenvalue weighted by atomic mass is 10.1. The maximum atomic E-state index is 13.5. The molecule has 2 aliphatic heterocycles. The molecule has 2 amide bonds. The van der Waals surface area contributed by atoms with Crippen molar-refractivity contribution >= 4 is 35.6 Å². The summed E-state index contributed by atoms with van der Waals surface area (Å²) in [6.45, 7) is -0.500. The molecule has 0 spiro atoms. The van der Waals surface area contributed by atoms with Crippen LogP contribution in [0, 0.1) is 0 Å². The highest BCUT2D eigenvalue weighted by molar-refractivity contribution is 5.99. The molecule has 15 nitrogen and oxygen atoms in total. The van der Waals surface area contributed by atoms with Crippen LogP contribution in [0.5, 0.6) is 17.5 Å². The Morgan fingerprint density at radius 2 is 1.62 bits per heavy atom. The van der Waals surface area contributed by atoms with Gasteiger partial charge in [-0.15, -0.1) is 0 Å². The van der Waals surface area contributed by atoms with Crippen LogP contribution in [0.3, 0.4) is 0 Å². The van der Waals surface area contributed by atoms with E-state index in [1.807, 2.05) is 54.6 Å². The summed E-state index contributed by atoms with van der Waals surface area (Å²) in [7, 11) is 0. The van der Waals surface area contributed by atoms with E-state index in [0.29, 0.717) is 24.5 Å². The Kier molecular flexibility index (Phi) is 14.9. The van der Waals surface area contributed by atoms with Crippen LogP contribution in [-0.4, -0.2) is 76.6 Å². The third-order valence-electron chi connectivity index (χ3n) is 8.16. The summed E-state index contributed by atoms with van der Waals surface area (Å²) in [6.07, 6.45) is -1.99. The third-order valence-corrected chi connectivity index (χ3v) is 8.16. The average molecular weight is 782 g/mol. The molecule has 0 saturated carbocycles. The third kappa shape index (κ3) is 13.8. The quantitative estimate of drug-likeness (QED) is 0.105. The molecule has 6 rings (SSSR count). The molecule has 56 heavy (non-hydrogen) atoms. The normalized spacial score (nSPS) is 13.9. The van der Waals surface area contributed by atoms with Crippen LogP contribution < -0.4 is 35.5 Å². The molecule has 0 radical (unpaired) electrons. The number of hydrogen-bond donors (Lipinski definition) is 5. The van der Waals surface area contributed by atoms with Crippen LogP contribution in [0.2, 0.25) is 0 Å². The molecule has 3 aromatic carbocycles. The molecule has 6 bridgehead atoms. The molecule has 0 fully saturated rings. The highest BCUT2D eigenvalue weighted by Crippen LogP contribution is 2.27. The molecular weight excluding hydrogens is 739 g/mol. The van der Waals surface area contributed by atoms with E-state index in [0.717, 1.165) is 30.4 Å². The van der Waals surface area contributed by atoms with Gasteiger partial charge in [-0.1, -0.05) is 42.5 Å². The molecule has 1 atom stereocenters. The van der Waals surface area contributed by atoms with Crippen molar-refractivity contribution in [3.63, 3.8) is 0 Å². The van der Waals surface area contributed by atoms with E-state index in [-0.39, 0.29) is 62.4 Å². The number of aliphatic carboxylic acids is 1. The summed E-state index contributed by atoms with van der Waals surface area (Å²) >= 11 is 0. The molecule has 0 aliphatic carbocycles. The number of amides is 2. The standard InChI is InChI=1S/C38H42F3N7O8/c39-38(40,41)24-56-36-47-34-43-22-25-12-15-28(16-13-25)53-19-6-1-2-7-20-54-31-21-27(44-35(46-34)48-36)14-17-29(31)32(49)45-30(33(50)51)11-8-18-42-37(52)55-23-26-9-4-3-5-10-26/h3-5,9-10,12-17,21,30H,1-2,6-8,11,18-20,22-24H2,(H,42,52)(H,45,49)(H,50,51)(H2,43,44,46,47,48)/t30-/m0/s1. The van der Waals surface area contributed by atoms with Crippen molar-refractivity contribution in [3.8, 4) is 17.5 Å². The number of halogens is 3. The van der Waals surface area contributed by atoms with Gasteiger partial charge in [0.1, 0.15) is 24.1 Å². The second-order valence-electron chi connectivity index (χ2n) is 12.6. The summed E-state index contributed by atoms with van der Waals surface area (Å²) in [4.78, 5) is 50.0. The van der Waals surface area contributed by atoms with Gasteiger partial charge in [-0.2, -0.15) is 28.1 Å². The van der Waals surface area contributed by atoms with Crippen molar-refractivity contribution in [3.05, 3.63) is 89.5 Å². The second-order valence-corrected chi connectivity index (χ2v) is 12.6. The number of nitrogens with one attached hydrogen (secondary N) is 4. The number of nitrogens with zero attached hydrogens (tertiary/aromatic N) is 3. The predicted octanol–water partition coefficient (Wildman–Crippen LogP) is 6.39. The SMILES string of the molecule is O=C(NCCC[C@H](NC(=O)c1ccc2cc1OCCCCCCOc1ccc(cc1)CNc1nc(nc(OCC(F)(F)F)n1)N2)C(=O)O)OCc1ccccc1. The number of carbonyl (C=O) groups is 3. The number of fused-ring (bicyclic) bond motifs is 10. The molecular formula is C38H42F3N7O8. The molecule has 4 aromatic rings. The Hall–Kier alpha value is -6.33. The number of alkyl carbamates (subject to hydrolysis) is 1. The minimum atomic E-state index is -4.64. The Balaban J connectivity index is 1.28. The van der Waals surface area contributed by atoms with Crippen molar-refractivity contribution < 1.29 is 51.6 Å². The van der Waals surface area contributed by atoms with Gasteiger partial charge in [0.2, 0.25) is 11.9 Å². The smallest absolute Gasteiger partial charge is 0.422 e. The summed E-state index contributed by atoms with van der Waals surface area (Å²) < 4.78 is 60.8. The molecule has 1 aromatic heterocycles. The number of anilines is 3. The lowest BCUT2D eigenvalue weighted by molar-refractivity contribution is -0.154. The number of rotatable bonds is 11. The topological polar surface area (TPSA) is 195 Å². The minimum Gasteiger partial charge on any atom is -0.494 e. The highest BCUT2D eigenvalue weighted by Gasteiger charge is 2.29. The number of hydrogen-bond acceptors (Lipinski definition) is 12. The van der Waals surface area contributed by atoms with E-state index in [1.165, 1.54) is 18.2 Å². The zero-order valence-electron chi connectivity index (χ0n) is 30.3. The Labute approximate surface area is 320 Å². The number of aromatic nitrogens is 3. The van der Waals surface area contributed by atoms with E-state index in [9.17, 15) is 32.7 Å². The van der Waals surface area contributed by atoms with Crippen LogP contribution >= 0.6 is 0 Å². The number of carbonyl (C=O) groups excluding carboxylic acids is 2. The lowest BCUT2D eigenvalue weighted by Crippen LogP contribution is -2.41. The zero-order valence-corrected chi connectivity index (χ0v) is 30.3. The van der Waals surface area contributed by atoms with Gasteiger partial charge in [0.05, 0.1) is 18.8 Å². The van der Waals surface area contributed by atoms with E-state index < -0.39 is 42.8 Å². The van der Waals surface area contributed by atoms with Crippen molar-refractivity contribution in [1.29, 1.82) is 0 Å². The Morgan fingerprint density at radius 1 is 0.893 bits per heavy atom. The summed E-state index contributed by atoms with van der Waals surface area (Å²) in [5.41, 5.74) is 1.97. The average Bonchev–Trinajstić information content (AvgIpc) is 3.18. The molecule has 0 saturated heterocycles.